The maximum Gasteiger partial charge on any atom is 0.191 e. The average Bonchev–Trinajstić information content (AvgIpc) is 3.13. The van der Waals surface area contributed by atoms with Crippen molar-refractivity contribution >= 4 is 22.7 Å². The number of hydrogen-bond donors (Lipinski definition) is 2. The molecule has 1 aromatic carbocycles. The summed E-state index contributed by atoms with van der Waals surface area (Å²) in [7, 11) is 0. The van der Waals surface area contributed by atoms with Gasteiger partial charge in [-0.1, -0.05) is 30.0 Å². The molecule has 0 spiro atoms. The van der Waals surface area contributed by atoms with Gasteiger partial charge in [0.25, 0.3) is 0 Å². The summed E-state index contributed by atoms with van der Waals surface area (Å²) in [5, 5.41) is 19.8. The van der Waals surface area contributed by atoms with E-state index in [1.54, 1.807) is 11.8 Å². The number of para-hydroxylation sites is 1. The molecule has 4 rings (SSSR count). The minimum Gasteiger partial charge on any atom is -0.396 e. The molecule has 0 unspecified atom stereocenters. The summed E-state index contributed by atoms with van der Waals surface area (Å²) in [5.41, 5.74) is 2.21. The van der Waals surface area contributed by atoms with Crippen LogP contribution in [0.3, 0.4) is 0 Å². The highest BCUT2D eigenvalue weighted by atomic mass is 32.2. The zero-order chi connectivity index (χ0) is 14.2. The van der Waals surface area contributed by atoms with E-state index < -0.39 is 0 Å². The Morgan fingerprint density at radius 2 is 2.14 bits per heavy atom. The second kappa shape index (κ2) is 5.20. The second-order valence-corrected chi connectivity index (χ2v) is 6.29. The van der Waals surface area contributed by atoms with Crippen LogP contribution in [-0.4, -0.2) is 37.2 Å². The molecule has 2 aromatic heterocycles. The fourth-order valence-electron chi connectivity index (χ4n) is 2.61. The maximum absolute atomic E-state index is 9.02. The van der Waals surface area contributed by atoms with Crippen LogP contribution in [0, 0.1) is 0 Å². The van der Waals surface area contributed by atoms with Gasteiger partial charge in [-0.15, -0.1) is 10.2 Å². The van der Waals surface area contributed by atoms with Crippen molar-refractivity contribution < 1.29 is 5.11 Å². The van der Waals surface area contributed by atoms with Crippen LogP contribution in [-0.2, 0) is 0 Å². The van der Waals surface area contributed by atoms with Crippen LogP contribution in [0.2, 0.25) is 0 Å². The van der Waals surface area contributed by atoms with Crippen molar-refractivity contribution in [2.75, 3.05) is 12.4 Å². The predicted octanol–water partition coefficient (Wildman–Crippen LogP) is 2.85. The van der Waals surface area contributed by atoms with E-state index in [0.717, 1.165) is 22.1 Å². The first kappa shape index (κ1) is 12.9. The number of hydrogen-bond acceptors (Lipinski definition) is 4. The molecule has 1 aliphatic rings. The molecular weight excluding hydrogens is 284 g/mol. The number of aromatic amines is 1. The SMILES string of the molecule is OCCSc1nnc(-c2c[nH]c3ccccc23)n1C1CC1. The average molecular weight is 300 g/mol. The van der Waals surface area contributed by atoms with Crippen molar-refractivity contribution in [3.8, 4) is 11.4 Å². The first-order valence-electron chi connectivity index (χ1n) is 7.13. The largest absolute Gasteiger partial charge is 0.396 e. The van der Waals surface area contributed by atoms with Crippen molar-refractivity contribution in [1.82, 2.24) is 19.7 Å². The van der Waals surface area contributed by atoms with Gasteiger partial charge in [0.05, 0.1) is 6.61 Å². The van der Waals surface area contributed by atoms with Crippen LogP contribution in [0.5, 0.6) is 0 Å². The van der Waals surface area contributed by atoms with E-state index in [2.05, 4.69) is 31.9 Å². The Bertz CT molecular complexity index is 775. The second-order valence-electron chi connectivity index (χ2n) is 5.23. The molecule has 0 saturated heterocycles. The molecule has 2 heterocycles. The molecule has 108 valence electrons. The highest BCUT2D eigenvalue weighted by molar-refractivity contribution is 7.99. The van der Waals surface area contributed by atoms with Crippen LogP contribution < -0.4 is 0 Å². The molecule has 1 aliphatic carbocycles. The molecule has 6 heteroatoms. The van der Waals surface area contributed by atoms with Crippen LogP contribution in [0.15, 0.2) is 35.6 Å². The molecule has 5 nitrogen and oxygen atoms in total. The Morgan fingerprint density at radius 1 is 1.29 bits per heavy atom. The number of rotatable bonds is 5. The molecule has 1 saturated carbocycles. The van der Waals surface area contributed by atoms with Gasteiger partial charge in [0.2, 0.25) is 0 Å². The summed E-state index contributed by atoms with van der Waals surface area (Å²) in [6.07, 6.45) is 4.37. The number of aliphatic hydroxyl groups excluding tert-OH is 1. The van der Waals surface area contributed by atoms with Crippen LogP contribution >= 0.6 is 11.8 Å². The lowest BCUT2D eigenvalue weighted by molar-refractivity contribution is 0.322. The number of thioether (sulfide) groups is 1. The zero-order valence-electron chi connectivity index (χ0n) is 11.5. The lowest BCUT2D eigenvalue weighted by Gasteiger charge is -2.07. The molecule has 0 aliphatic heterocycles. The van der Waals surface area contributed by atoms with E-state index in [1.807, 2.05) is 18.3 Å². The van der Waals surface area contributed by atoms with E-state index in [0.29, 0.717) is 11.8 Å². The number of H-pyrrole nitrogens is 1. The number of nitrogens with zero attached hydrogens (tertiary/aromatic N) is 3. The molecule has 2 N–H and O–H groups in total. The third kappa shape index (κ3) is 2.24. The third-order valence-electron chi connectivity index (χ3n) is 3.73. The van der Waals surface area contributed by atoms with Crippen molar-refractivity contribution in [3.63, 3.8) is 0 Å². The zero-order valence-corrected chi connectivity index (χ0v) is 12.3. The van der Waals surface area contributed by atoms with E-state index >= 15 is 0 Å². The van der Waals surface area contributed by atoms with Crippen LogP contribution in [0.25, 0.3) is 22.3 Å². The molecule has 0 bridgehead atoms. The Morgan fingerprint density at radius 3 is 2.95 bits per heavy atom. The number of aliphatic hydroxyl groups is 1. The highest BCUT2D eigenvalue weighted by Gasteiger charge is 2.30. The van der Waals surface area contributed by atoms with Gasteiger partial charge in [0.15, 0.2) is 11.0 Å². The molecule has 0 radical (unpaired) electrons. The van der Waals surface area contributed by atoms with Gasteiger partial charge in [0, 0.05) is 34.5 Å². The summed E-state index contributed by atoms with van der Waals surface area (Å²) in [5.74, 6) is 1.58. The Hall–Kier alpha value is -1.79. The number of aromatic nitrogens is 4. The fraction of sp³-hybridized carbons (Fsp3) is 0.333. The Balaban J connectivity index is 1.82. The van der Waals surface area contributed by atoms with E-state index in [1.165, 1.54) is 18.2 Å². The topological polar surface area (TPSA) is 66.7 Å². The quantitative estimate of drug-likeness (QED) is 0.711. The summed E-state index contributed by atoms with van der Waals surface area (Å²) in [4.78, 5) is 3.30. The van der Waals surface area contributed by atoms with Crippen molar-refractivity contribution in [2.24, 2.45) is 0 Å². The summed E-state index contributed by atoms with van der Waals surface area (Å²) >= 11 is 1.57. The Labute approximate surface area is 126 Å². The molecule has 0 atom stereocenters. The lowest BCUT2D eigenvalue weighted by atomic mass is 10.1. The van der Waals surface area contributed by atoms with Gasteiger partial charge in [0.1, 0.15) is 0 Å². The lowest BCUT2D eigenvalue weighted by Crippen LogP contribution is -2.00. The van der Waals surface area contributed by atoms with E-state index in [9.17, 15) is 0 Å². The molecule has 21 heavy (non-hydrogen) atoms. The monoisotopic (exact) mass is 300 g/mol. The number of fused-ring (bicyclic) bond motifs is 1. The summed E-state index contributed by atoms with van der Waals surface area (Å²) in [6.45, 7) is 0.157. The normalized spacial score (nSPS) is 14.9. The van der Waals surface area contributed by atoms with E-state index in [-0.39, 0.29) is 6.61 Å². The van der Waals surface area contributed by atoms with Gasteiger partial charge in [-0.3, -0.25) is 4.57 Å². The molecule has 1 fully saturated rings. The predicted molar refractivity (Wildman–Crippen MR) is 83.4 cm³/mol. The van der Waals surface area contributed by atoms with Crippen molar-refractivity contribution in [1.29, 1.82) is 0 Å². The van der Waals surface area contributed by atoms with Gasteiger partial charge >= 0.3 is 0 Å². The minimum atomic E-state index is 0.157. The first-order valence-corrected chi connectivity index (χ1v) is 8.12. The summed E-state index contributed by atoms with van der Waals surface area (Å²) < 4.78 is 2.23. The fourth-order valence-corrected chi connectivity index (χ4v) is 3.36. The van der Waals surface area contributed by atoms with Crippen molar-refractivity contribution in [3.05, 3.63) is 30.5 Å². The van der Waals surface area contributed by atoms with Gasteiger partial charge < -0.3 is 10.1 Å². The van der Waals surface area contributed by atoms with Gasteiger partial charge in [-0.25, -0.2) is 0 Å². The Kier molecular flexibility index (Phi) is 3.20. The molecular formula is C15H16N4OS. The summed E-state index contributed by atoms with van der Waals surface area (Å²) in [6, 6.07) is 8.74. The van der Waals surface area contributed by atoms with E-state index in [4.69, 9.17) is 5.11 Å². The molecule has 3 aromatic rings. The van der Waals surface area contributed by atoms with Crippen LogP contribution in [0.1, 0.15) is 18.9 Å². The standard InChI is InChI=1S/C15H16N4OS/c20-7-8-21-15-18-17-14(19(15)10-5-6-10)12-9-16-13-4-2-1-3-11(12)13/h1-4,9-10,16,20H,5-8H2. The number of nitrogens with one attached hydrogen (secondary N) is 1. The third-order valence-corrected chi connectivity index (χ3v) is 4.65. The number of benzene rings is 1. The minimum absolute atomic E-state index is 0.157. The smallest absolute Gasteiger partial charge is 0.191 e. The van der Waals surface area contributed by atoms with Gasteiger partial charge in [-0.2, -0.15) is 0 Å². The highest BCUT2D eigenvalue weighted by Crippen LogP contribution is 2.42. The van der Waals surface area contributed by atoms with Gasteiger partial charge in [-0.05, 0) is 18.9 Å². The van der Waals surface area contributed by atoms with Crippen LogP contribution in [0.4, 0.5) is 0 Å². The van der Waals surface area contributed by atoms with Crippen molar-refractivity contribution in [2.45, 2.75) is 24.0 Å². The maximum atomic E-state index is 9.02. The first-order chi connectivity index (χ1) is 10.4. The molecule has 0 amide bonds.